The summed E-state index contributed by atoms with van der Waals surface area (Å²) in [7, 11) is 5.55. The molecule has 2 rings (SSSR count). The molecule has 5 nitrogen and oxygen atoms in total. The van der Waals surface area contributed by atoms with Crippen LogP contribution in [0.25, 0.3) is 0 Å². The monoisotopic (exact) mass is 369 g/mol. The molecule has 1 aliphatic heterocycles. The number of rotatable bonds is 3. The van der Waals surface area contributed by atoms with E-state index in [9.17, 15) is 4.79 Å². The Hall–Kier alpha value is -1.14. The van der Waals surface area contributed by atoms with Gasteiger partial charge in [-0.05, 0) is 68.3 Å². The first-order chi connectivity index (χ1) is 10.4. The second kappa shape index (κ2) is 6.96. The lowest BCUT2D eigenvalue weighted by atomic mass is 10.0. The molecular weight excluding hydrogens is 346 g/mol. The topological polar surface area (TPSA) is 45.7 Å². The molecule has 0 radical (unpaired) electrons. The Labute approximate surface area is 140 Å². The number of amides is 1. The number of aromatic nitrogens is 1. The maximum absolute atomic E-state index is 13.0. The van der Waals surface area contributed by atoms with Gasteiger partial charge in [-0.25, -0.2) is 4.98 Å². The average Bonchev–Trinajstić information content (AvgIpc) is 2.51. The predicted octanol–water partition coefficient (Wildman–Crippen LogP) is 2.64. The Bertz CT molecular complexity index is 569. The summed E-state index contributed by atoms with van der Waals surface area (Å²) in [5.74, 6) is 0.389. The van der Waals surface area contributed by atoms with E-state index in [1.54, 1.807) is 7.11 Å². The van der Waals surface area contributed by atoms with Crippen molar-refractivity contribution in [3.05, 3.63) is 21.3 Å². The van der Waals surface area contributed by atoms with Crippen LogP contribution in [-0.2, 0) is 0 Å². The second-order valence-corrected chi connectivity index (χ2v) is 6.76. The Morgan fingerprint density at radius 1 is 1.36 bits per heavy atom. The molecule has 0 bridgehead atoms. The molecule has 22 heavy (non-hydrogen) atoms. The zero-order valence-electron chi connectivity index (χ0n) is 13.9. The molecular formula is C16H24BrN3O2. The van der Waals surface area contributed by atoms with Gasteiger partial charge in [-0.1, -0.05) is 0 Å². The molecule has 1 aliphatic rings. The Morgan fingerprint density at radius 3 is 2.50 bits per heavy atom. The molecule has 0 spiro atoms. The molecule has 6 heteroatoms. The van der Waals surface area contributed by atoms with Crippen LogP contribution in [0.15, 0.2) is 4.47 Å². The first-order valence-corrected chi connectivity index (χ1v) is 8.32. The van der Waals surface area contributed by atoms with Crippen molar-refractivity contribution in [2.45, 2.75) is 32.7 Å². The van der Waals surface area contributed by atoms with Gasteiger partial charge in [0.1, 0.15) is 5.56 Å². The predicted molar refractivity (Wildman–Crippen MR) is 90.6 cm³/mol. The van der Waals surface area contributed by atoms with Gasteiger partial charge in [0.05, 0.1) is 12.8 Å². The minimum atomic E-state index is -0.0166. The smallest absolute Gasteiger partial charge is 0.259 e. The summed E-state index contributed by atoms with van der Waals surface area (Å²) in [6.45, 7) is 5.87. The first kappa shape index (κ1) is 17.2. The highest BCUT2D eigenvalue weighted by atomic mass is 79.9. The molecule has 0 N–H and O–H groups in total. The van der Waals surface area contributed by atoms with E-state index >= 15 is 0 Å². The summed E-state index contributed by atoms with van der Waals surface area (Å²) in [5, 5.41) is 0. The van der Waals surface area contributed by atoms with Gasteiger partial charge in [-0.15, -0.1) is 0 Å². The van der Waals surface area contributed by atoms with Crippen molar-refractivity contribution in [1.29, 1.82) is 0 Å². The Balaban J connectivity index is 2.31. The SMILES string of the molecule is COc1nc(C)c(Br)c(C)c1C(=O)N(C)C1CCN(C)CC1. The van der Waals surface area contributed by atoms with Crippen LogP contribution in [0.1, 0.15) is 34.5 Å². The molecule has 1 aromatic rings. The summed E-state index contributed by atoms with van der Waals surface area (Å²) >= 11 is 3.52. The summed E-state index contributed by atoms with van der Waals surface area (Å²) in [5.41, 5.74) is 2.27. The molecule has 0 unspecified atom stereocenters. The second-order valence-electron chi connectivity index (χ2n) is 5.97. The van der Waals surface area contributed by atoms with Gasteiger partial charge >= 0.3 is 0 Å². The third-order valence-corrected chi connectivity index (χ3v) is 5.64. The van der Waals surface area contributed by atoms with Crippen LogP contribution in [-0.4, -0.2) is 61.0 Å². The van der Waals surface area contributed by atoms with Crippen molar-refractivity contribution in [3.8, 4) is 5.88 Å². The maximum Gasteiger partial charge on any atom is 0.259 e. The number of methoxy groups -OCH3 is 1. The molecule has 1 fully saturated rings. The molecule has 1 amide bonds. The van der Waals surface area contributed by atoms with Gasteiger partial charge < -0.3 is 14.5 Å². The third kappa shape index (κ3) is 3.27. The highest BCUT2D eigenvalue weighted by Gasteiger charge is 2.29. The minimum absolute atomic E-state index is 0.0166. The normalized spacial score (nSPS) is 16.6. The van der Waals surface area contributed by atoms with Gasteiger partial charge in [-0.2, -0.15) is 0 Å². The van der Waals surface area contributed by atoms with Gasteiger partial charge in [0, 0.05) is 17.6 Å². The summed E-state index contributed by atoms with van der Waals surface area (Å²) in [6, 6.07) is 0.271. The van der Waals surface area contributed by atoms with Crippen LogP contribution in [0.4, 0.5) is 0 Å². The van der Waals surface area contributed by atoms with Crippen LogP contribution < -0.4 is 4.74 Å². The molecule has 1 saturated heterocycles. The van der Waals surface area contributed by atoms with Gasteiger partial charge in [0.25, 0.3) is 5.91 Å². The number of ether oxygens (including phenoxy) is 1. The van der Waals surface area contributed by atoms with Gasteiger partial charge in [0.15, 0.2) is 0 Å². The third-order valence-electron chi connectivity index (χ3n) is 4.47. The number of nitrogens with zero attached hydrogens (tertiary/aromatic N) is 3. The van der Waals surface area contributed by atoms with Crippen molar-refractivity contribution in [2.24, 2.45) is 0 Å². The number of pyridine rings is 1. The fraction of sp³-hybridized carbons (Fsp3) is 0.625. The van der Waals surface area contributed by atoms with Crippen LogP contribution in [0, 0.1) is 13.8 Å². The van der Waals surface area contributed by atoms with E-state index in [1.165, 1.54) is 0 Å². The number of aryl methyl sites for hydroxylation is 1. The number of halogens is 1. The average molecular weight is 370 g/mol. The van der Waals surface area contributed by atoms with E-state index in [4.69, 9.17) is 4.74 Å². The van der Waals surface area contributed by atoms with Crippen molar-refractivity contribution in [3.63, 3.8) is 0 Å². The van der Waals surface area contributed by atoms with E-state index in [2.05, 4.69) is 32.9 Å². The number of piperidine rings is 1. The quantitative estimate of drug-likeness (QED) is 0.821. The largest absolute Gasteiger partial charge is 0.480 e. The fourth-order valence-corrected chi connectivity index (χ4v) is 3.21. The first-order valence-electron chi connectivity index (χ1n) is 7.53. The van der Waals surface area contributed by atoms with Crippen molar-refractivity contribution < 1.29 is 9.53 Å². The lowest BCUT2D eigenvalue weighted by molar-refractivity contribution is 0.0654. The van der Waals surface area contributed by atoms with Gasteiger partial charge in [0.2, 0.25) is 5.88 Å². The Kier molecular flexibility index (Phi) is 5.45. The number of carbonyl (C=O) groups excluding carboxylic acids is 1. The highest BCUT2D eigenvalue weighted by Crippen LogP contribution is 2.30. The van der Waals surface area contributed by atoms with E-state index < -0.39 is 0 Å². The van der Waals surface area contributed by atoms with E-state index in [-0.39, 0.29) is 11.9 Å². The van der Waals surface area contributed by atoms with Crippen LogP contribution in [0.2, 0.25) is 0 Å². The zero-order valence-corrected chi connectivity index (χ0v) is 15.5. The lowest BCUT2D eigenvalue weighted by Crippen LogP contribution is -2.44. The zero-order chi connectivity index (χ0) is 16.4. The van der Waals surface area contributed by atoms with Gasteiger partial charge in [-0.3, -0.25) is 4.79 Å². The molecule has 0 atom stereocenters. The molecule has 2 heterocycles. The van der Waals surface area contributed by atoms with Crippen molar-refractivity contribution >= 4 is 21.8 Å². The summed E-state index contributed by atoms with van der Waals surface area (Å²) in [6.07, 6.45) is 2.00. The number of likely N-dealkylation sites (tertiary alicyclic amines) is 1. The standard InChI is InChI=1S/C16H24BrN3O2/c1-10-13(15(22-5)18-11(2)14(10)17)16(21)20(4)12-6-8-19(3)9-7-12/h12H,6-9H2,1-5H3. The van der Waals surface area contributed by atoms with Crippen LogP contribution in [0.5, 0.6) is 5.88 Å². The number of hydrogen-bond donors (Lipinski definition) is 0. The molecule has 0 saturated carbocycles. The lowest BCUT2D eigenvalue weighted by Gasteiger charge is -2.35. The molecule has 0 aromatic carbocycles. The highest BCUT2D eigenvalue weighted by molar-refractivity contribution is 9.10. The van der Waals surface area contributed by atoms with Crippen LogP contribution in [0.3, 0.4) is 0 Å². The molecule has 122 valence electrons. The maximum atomic E-state index is 13.0. The molecule has 0 aliphatic carbocycles. The van der Waals surface area contributed by atoms with E-state index in [0.717, 1.165) is 41.7 Å². The number of carbonyl (C=O) groups is 1. The van der Waals surface area contributed by atoms with E-state index in [0.29, 0.717) is 11.4 Å². The summed E-state index contributed by atoms with van der Waals surface area (Å²) < 4.78 is 6.22. The fourth-order valence-electron chi connectivity index (χ4n) is 2.92. The number of hydrogen-bond acceptors (Lipinski definition) is 4. The summed E-state index contributed by atoms with van der Waals surface area (Å²) in [4.78, 5) is 21.5. The molecule has 1 aromatic heterocycles. The minimum Gasteiger partial charge on any atom is -0.480 e. The van der Waals surface area contributed by atoms with Crippen molar-refractivity contribution in [1.82, 2.24) is 14.8 Å². The van der Waals surface area contributed by atoms with Crippen molar-refractivity contribution in [2.75, 3.05) is 34.3 Å². The van der Waals surface area contributed by atoms with Crippen LogP contribution >= 0.6 is 15.9 Å². The van der Waals surface area contributed by atoms with E-state index in [1.807, 2.05) is 25.8 Å². The Morgan fingerprint density at radius 2 is 1.95 bits per heavy atom.